The highest BCUT2D eigenvalue weighted by Gasteiger charge is 2.14. The topological polar surface area (TPSA) is 111 Å². The SMILES string of the molecule is CCOc1ccc(S(=O)(=O)N/N=C(\C)c2cccc([N+](=O)[O-])c2)cc1. The molecule has 1 N–H and O–H groups in total. The predicted octanol–water partition coefficient (Wildman–Crippen LogP) is 2.70. The monoisotopic (exact) mass is 363 g/mol. The van der Waals surface area contributed by atoms with Crippen molar-refractivity contribution in [3.05, 3.63) is 64.2 Å². The molecule has 9 heteroatoms. The van der Waals surface area contributed by atoms with Gasteiger partial charge in [-0.15, -0.1) is 0 Å². The van der Waals surface area contributed by atoms with Crippen molar-refractivity contribution >= 4 is 21.4 Å². The first-order valence-electron chi connectivity index (χ1n) is 7.37. The molecule has 0 saturated carbocycles. The van der Waals surface area contributed by atoms with Crippen LogP contribution in [0.3, 0.4) is 0 Å². The van der Waals surface area contributed by atoms with Crippen LogP contribution in [0.5, 0.6) is 5.75 Å². The summed E-state index contributed by atoms with van der Waals surface area (Å²) in [7, 11) is -3.85. The van der Waals surface area contributed by atoms with Crippen LogP contribution >= 0.6 is 0 Å². The van der Waals surface area contributed by atoms with E-state index in [-0.39, 0.29) is 10.6 Å². The van der Waals surface area contributed by atoms with Gasteiger partial charge in [0.15, 0.2) is 0 Å². The number of hydrogen-bond donors (Lipinski definition) is 1. The molecule has 0 heterocycles. The summed E-state index contributed by atoms with van der Waals surface area (Å²) < 4.78 is 29.8. The van der Waals surface area contributed by atoms with Crippen molar-refractivity contribution in [2.24, 2.45) is 5.10 Å². The minimum Gasteiger partial charge on any atom is -0.494 e. The number of nitrogens with one attached hydrogen (secondary N) is 1. The quantitative estimate of drug-likeness (QED) is 0.462. The molecule has 0 atom stereocenters. The number of hydrogen-bond acceptors (Lipinski definition) is 6. The fourth-order valence-corrected chi connectivity index (χ4v) is 2.83. The number of ether oxygens (including phenoxy) is 1. The third-order valence-electron chi connectivity index (χ3n) is 3.25. The third-order valence-corrected chi connectivity index (χ3v) is 4.48. The van der Waals surface area contributed by atoms with Crippen molar-refractivity contribution in [2.45, 2.75) is 18.7 Å². The van der Waals surface area contributed by atoms with Crippen molar-refractivity contribution in [1.29, 1.82) is 0 Å². The van der Waals surface area contributed by atoms with E-state index in [9.17, 15) is 18.5 Å². The molecule has 0 aliphatic carbocycles. The lowest BCUT2D eigenvalue weighted by molar-refractivity contribution is -0.384. The molecule has 132 valence electrons. The molecule has 25 heavy (non-hydrogen) atoms. The number of rotatable bonds is 7. The van der Waals surface area contributed by atoms with Gasteiger partial charge < -0.3 is 4.74 Å². The lowest BCUT2D eigenvalue weighted by Gasteiger charge is -2.07. The Morgan fingerprint density at radius 3 is 2.52 bits per heavy atom. The molecule has 0 amide bonds. The molecule has 0 fully saturated rings. The number of nitro benzene ring substituents is 1. The van der Waals surface area contributed by atoms with Crippen LogP contribution in [0.25, 0.3) is 0 Å². The Morgan fingerprint density at radius 2 is 1.92 bits per heavy atom. The van der Waals surface area contributed by atoms with E-state index < -0.39 is 14.9 Å². The Hall–Kier alpha value is -2.94. The number of nitrogens with zero attached hydrogens (tertiary/aromatic N) is 2. The Kier molecular flexibility index (Phi) is 5.71. The summed E-state index contributed by atoms with van der Waals surface area (Å²) in [5.41, 5.74) is 0.656. The fraction of sp³-hybridized carbons (Fsp3) is 0.188. The first kappa shape index (κ1) is 18.4. The first-order valence-corrected chi connectivity index (χ1v) is 8.85. The first-order chi connectivity index (χ1) is 11.8. The van der Waals surface area contributed by atoms with E-state index in [0.717, 1.165) is 0 Å². The minimum atomic E-state index is -3.85. The van der Waals surface area contributed by atoms with Crippen molar-refractivity contribution in [1.82, 2.24) is 4.83 Å². The lowest BCUT2D eigenvalue weighted by Crippen LogP contribution is -2.20. The summed E-state index contributed by atoms with van der Waals surface area (Å²) >= 11 is 0. The minimum absolute atomic E-state index is 0.0338. The van der Waals surface area contributed by atoms with Crippen LogP contribution in [0.4, 0.5) is 5.69 Å². The predicted molar refractivity (Wildman–Crippen MR) is 93.2 cm³/mol. The van der Waals surface area contributed by atoms with Gasteiger partial charge in [-0.1, -0.05) is 12.1 Å². The average Bonchev–Trinajstić information content (AvgIpc) is 2.60. The highest BCUT2D eigenvalue weighted by Crippen LogP contribution is 2.16. The zero-order valence-electron chi connectivity index (χ0n) is 13.7. The normalized spacial score (nSPS) is 11.8. The molecule has 2 aromatic carbocycles. The molecule has 0 bridgehead atoms. The van der Waals surface area contributed by atoms with Crippen LogP contribution in [-0.2, 0) is 10.0 Å². The highest BCUT2D eigenvalue weighted by molar-refractivity contribution is 7.89. The third kappa shape index (κ3) is 4.77. The average molecular weight is 363 g/mol. The molecule has 0 radical (unpaired) electrons. The van der Waals surface area contributed by atoms with Gasteiger partial charge in [-0.25, -0.2) is 0 Å². The van der Waals surface area contributed by atoms with Crippen LogP contribution in [0.15, 0.2) is 58.5 Å². The molecular weight excluding hydrogens is 346 g/mol. The summed E-state index contributed by atoms with van der Waals surface area (Å²) in [6, 6.07) is 11.7. The van der Waals surface area contributed by atoms with Gasteiger partial charge in [0, 0.05) is 17.7 Å². The van der Waals surface area contributed by atoms with Crippen LogP contribution in [0.1, 0.15) is 19.4 Å². The van der Waals surface area contributed by atoms with Crippen LogP contribution in [0.2, 0.25) is 0 Å². The van der Waals surface area contributed by atoms with Crippen molar-refractivity contribution in [3.8, 4) is 5.75 Å². The van der Waals surface area contributed by atoms with Gasteiger partial charge in [0.05, 0.1) is 22.1 Å². The molecule has 8 nitrogen and oxygen atoms in total. The fourth-order valence-electron chi connectivity index (χ4n) is 1.97. The van der Waals surface area contributed by atoms with E-state index >= 15 is 0 Å². The molecule has 2 aromatic rings. The maximum Gasteiger partial charge on any atom is 0.276 e. The van der Waals surface area contributed by atoms with Gasteiger partial charge in [-0.2, -0.15) is 18.4 Å². The lowest BCUT2D eigenvalue weighted by atomic mass is 10.1. The summed E-state index contributed by atoms with van der Waals surface area (Å²) in [4.78, 5) is 12.4. The summed E-state index contributed by atoms with van der Waals surface area (Å²) in [6.07, 6.45) is 0. The van der Waals surface area contributed by atoms with Crippen LogP contribution < -0.4 is 9.57 Å². The van der Waals surface area contributed by atoms with E-state index in [1.54, 1.807) is 25.1 Å². The maximum atomic E-state index is 12.2. The summed E-state index contributed by atoms with van der Waals surface area (Å²) in [5, 5.41) is 14.6. The molecule has 0 aromatic heterocycles. The Balaban J connectivity index is 2.18. The van der Waals surface area contributed by atoms with E-state index in [2.05, 4.69) is 9.93 Å². The van der Waals surface area contributed by atoms with Gasteiger partial charge in [0.1, 0.15) is 5.75 Å². The molecule has 0 aliphatic heterocycles. The van der Waals surface area contributed by atoms with Crippen molar-refractivity contribution < 1.29 is 18.1 Å². The van der Waals surface area contributed by atoms with Gasteiger partial charge >= 0.3 is 0 Å². The van der Waals surface area contributed by atoms with Gasteiger partial charge in [-0.05, 0) is 38.1 Å². The Morgan fingerprint density at radius 1 is 1.24 bits per heavy atom. The maximum absolute atomic E-state index is 12.2. The number of sulfonamides is 1. The zero-order valence-corrected chi connectivity index (χ0v) is 14.5. The molecular formula is C16H17N3O5S. The van der Waals surface area contributed by atoms with Crippen molar-refractivity contribution in [3.63, 3.8) is 0 Å². The second kappa shape index (κ2) is 7.75. The van der Waals surface area contributed by atoms with Gasteiger partial charge in [0.2, 0.25) is 0 Å². The molecule has 0 saturated heterocycles. The van der Waals surface area contributed by atoms with E-state index in [1.807, 2.05) is 6.92 Å². The molecule has 2 rings (SSSR count). The largest absolute Gasteiger partial charge is 0.494 e. The highest BCUT2D eigenvalue weighted by atomic mass is 32.2. The van der Waals surface area contributed by atoms with E-state index in [4.69, 9.17) is 4.74 Å². The Bertz CT molecular complexity index is 892. The standard InChI is InChI=1S/C16H17N3O5S/c1-3-24-15-7-9-16(10-8-15)25(22,23)18-17-12(2)13-5-4-6-14(11-13)19(20)21/h4-11,18H,3H2,1-2H3/b17-12+. The summed E-state index contributed by atoms with van der Waals surface area (Å²) in [5.74, 6) is 0.567. The van der Waals surface area contributed by atoms with E-state index in [0.29, 0.717) is 23.6 Å². The smallest absolute Gasteiger partial charge is 0.276 e. The molecule has 0 spiro atoms. The Labute approximate surface area is 145 Å². The second-order valence-electron chi connectivity index (χ2n) is 5.00. The molecule has 0 aliphatic rings. The van der Waals surface area contributed by atoms with Crippen LogP contribution in [0, 0.1) is 10.1 Å². The number of non-ortho nitro benzene ring substituents is 1. The van der Waals surface area contributed by atoms with Gasteiger partial charge in [-0.3, -0.25) is 10.1 Å². The molecule has 0 unspecified atom stereocenters. The number of benzene rings is 2. The number of nitro groups is 1. The number of hydrazone groups is 1. The zero-order chi connectivity index (χ0) is 18.4. The second-order valence-corrected chi connectivity index (χ2v) is 6.66. The van der Waals surface area contributed by atoms with Crippen LogP contribution in [-0.4, -0.2) is 25.7 Å². The van der Waals surface area contributed by atoms with E-state index in [1.165, 1.54) is 30.3 Å². The van der Waals surface area contributed by atoms with Crippen molar-refractivity contribution in [2.75, 3.05) is 6.61 Å². The summed E-state index contributed by atoms with van der Waals surface area (Å²) in [6.45, 7) is 3.87. The van der Waals surface area contributed by atoms with Gasteiger partial charge in [0.25, 0.3) is 15.7 Å².